The van der Waals surface area contributed by atoms with Crippen LogP contribution < -0.4 is 17.2 Å². The summed E-state index contributed by atoms with van der Waals surface area (Å²) in [5, 5.41) is 0. The number of amides is 3. The number of carbonyl (C=O) groups excluding carboxylic acids is 3. The molecule has 0 aliphatic heterocycles. The minimum Gasteiger partial charge on any atom is -0.368 e. The second-order valence-corrected chi connectivity index (χ2v) is 3.88. The molecule has 1 unspecified atom stereocenters. The number of nitrogens with zero attached hydrogens (tertiary/aromatic N) is 1. The van der Waals surface area contributed by atoms with Crippen LogP contribution >= 0.6 is 0 Å². The molecule has 0 aromatic rings. The summed E-state index contributed by atoms with van der Waals surface area (Å²) in [6, 6.07) is -0.728. The van der Waals surface area contributed by atoms with E-state index in [1.165, 1.54) is 0 Å². The second kappa shape index (κ2) is 7.61. The van der Waals surface area contributed by atoms with E-state index in [0.717, 1.165) is 17.7 Å². The van der Waals surface area contributed by atoms with E-state index in [2.05, 4.69) is 0 Å². The predicted molar refractivity (Wildman–Crippen MR) is 62.5 cm³/mol. The minimum atomic E-state index is -0.728. The van der Waals surface area contributed by atoms with Crippen molar-refractivity contribution < 1.29 is 14.4 Å². The van der Waals surface area contributed by atoms with Gasteiger partial charge in [0.05, 0.1) is 19.1 Å². The van der Waals surface area contributed by atoms with Gasteiger partial charge in [0.15, 0.2) is 0 Å². The Morgan fingerprint density at radius 2 is 1.59 bits per heavy atom. The average Bonchev–Trinajstić information content (AvgIpc) is 2.22. The maximum atomic E-state index is 11.8. The van der Waals surface area contributed by atoms with Crippen molar-refractivity contribution in [2.45, 2.75) is 32.2 Å². The van der Waals surface area contributed by atoms with Crippen molar-refractivity contribution in [1.29, 1.82) is 0 Å². The molecule has 98 valence electrons. The van der Waals surface area contributed by atoms with Gasteiger partial charge in [0, 0.05) is 0 Å². The molecule has 3 amide bonds. The minimum absolute atomic E-state index is 0.346. The molecule has 17 heavy (non-hydrogen) atoms. The Morgan fingerprint density at radius 1 is 1.12 bits per heavy atom. The first-order valence-electron chi connectivity index (χ1n) is 5.49. The first-order valence-corrected chi connectivity index (χ1v) is 5.49. The zero-order valence-electron chi connectivity index (χ0n) is 10.0. The van der Waals surface area contributed by atoms with Gasteiger partial charge in [0.25, 0.3) is 0 Å². The molecule has 0 saturated carbocycles. The number of carbonyl (C=O) groups is 3. The molecule has 0 aromatic carbocycles. The van der Waals surface area contributed by atoms with Crippen LogP contribution in [0.4, 0.5) is 0 Å². The number of unbranched alkanes of at least 4 members (excludes halogenated alkanes) is 1. The normalized spacial score (nSPS) is 11.9. The van der Waals surface area contributed by atoms with Crippen molar-refractivity contribution in [3.63, 3.8) is 0 Å². The van der Waals surface area contributed by atoms with E-state index in [9.17, 15) is 14.4 Å². The van der Waals surface area contributed by atoms with Crippen LogP contribution in [0.2, 0.25) is 0 Å². The summed E-state index contributed by atoms with van der Waals surface area (Å²) in [6.07, 6.45) is 2.21. The molecule has 0 heterocycles. The Hall–Kier alpha value is -1.63. The van der Waals surface area contributed by atoms with Crippen molar-refractivity contribution in [2.24, 2.45) is 17.2 Å². The molecule has 0 aliphatic carbocycles. The Balaban J connectivity index is 4.49. The highest BCUT2D eigenvalue weighted by molar-refractivity contribution is 5.90. The third-order valence-electron chi connectivity index (χ3n) is 2.19. The van der Waals surface area contributed by atoms with Crippen molar-refractivity contribution in [1.82, 2.24) is 4.90 Å². The van der Waals surface area contributed by atoms with Crippen molar-refractivity contribution in [2.75, 3.05) is 13.1 Å². The molecule has 7 heteroatoms. The van der Waals surface area contributed by atoms with Crippen molar-refractivity contribution in [3.05, 3.63) is 0 Å². The Kier molecular flexibility index (Phi) is 6.88. The van der Waals surface area contributed by atoms with Gasteiger partial charge in [-0.3, -0.25) is 14.4 Å². The van der Waals surface area contributed by atoms with Crippen LogP contribution in [0.1, 0.15) is 26.2 Å². The van der Waals surface area contributed by atoms with Gasteiger partial charge in [-0.15, -0.1) is 0 Å². The lowest BCUT2D eigenvalue weighted by Crippen LogP contribution is -2.49. The average molecular weight is 244 g/mol. The largest absolute Gasteiger partial charge is 0.368 e. The monoisotopic (exact) mass is 244 g/mol. The summed E-state index contributed by atoms with van der Waals surface area (Å²) < 4.78 is 0. The smallest absolute Gasteiger partial charge is 0.240 e. The summed E-state index contributed by atoms with van der Waals surface area (Å²) in [5.74, 6) is -1.89. The van der Waals surface area contributed by atoms with Gasteiger partial charge in [-0.25, -0.2) is 0 Å². The van der Waals surface area contributed by atoms with Gasteiger partial charge >= 0.3 is 0 Å². The Bertz CT molecular complexity index is 277. The summed E-state index contributed by atoms with van der Waals surface area (Å²) in [7, 11) is 0. The highest BCUT2D eigenvalue weighted by Gasteiger charge is 2.23. The number of hydrogen-bond donors (Lipinski definition) is 3. The van der Waals surface area contributed by atoms with Gasteiger partial charge in [-0.1, -0.05) is 19.8 Å². The SMILES string of the molecule is CCCCC(N)C(=O)N(CC(N)=O)CC(N)=O. The summed E-state index contributed by atoms with van der Waals surface area (Å²) in [4.78, 5) is 34.3. The maximum absolute atomic E-state index is 11.8. The van der Waals surface area contributed by atoms with Crippen LogP contribution in [-0.4, -0.2) is 41.8 Å². The molecule has 0 fully saturated rings. The lowest BCUT2D eigenvalue weighted by molar-refractivity contribution is -0.139. The Labute approximate surface area is 100 Å². The first-order chi connectivity index (χ1) is 7.88. The molecule has 6 N–H and O–H groups in total. The third-order valence-corrected chi connectivity index (χ3v) is 2.19. The van der Waals surface area contributed by atoms with Gasteiger partial charge in [-0.2, -0.15) is 0 Å². The number of primary amides is 2. The highest BCUT2D eigenvalue weighted by Crippen LogP contribution is 2.02. The molecule has 0 spiro atoms. The quantitative estimate of drug-likeness (QED) is 0.469. The fourth-order valence-corrected chi connectivity index (χ4v) is 1.37. The molecule has 0 bridgehead atoms. The van der Waals surface area contributed by atoms with E-state index in [1.807, 2.05) is 6.92 Å². The van der Waals surface area contributed by atoms with Gasteiger partial charge in [-0.05, 0) is 6.42 Å². The summed E-state index contributed by atoms with van der Waals surface area (Å²) >= 11 is 0. The topological polar surface area (TPSA) is 133 Å². The standard InChI is InChI=1S/C10H20N4O3/c1-2-3-4-7(11)10(17)14(5-8(12)15)6-9(13)16/h7H,2-6,11H2,1H3,(H2,12,15)(H2,13,16). The lowest BCUT2D eigenvalue weighted by Gasteiger charge is -2.23. The molecule has 0 saturated heterocycles. The van der Waals surface area contributed by atoms with Crippen LogP contribution in [0.5, 0.6) is 0 Å². The van der Waals surface area contributed by atoms with Gasteiger partial charge < -0.3 is 22.1 Å². The maximum Gasteiger partial charge on any atom is 0.240 e. The summed E-state index contributed by atoms with van der Waals surface area (Å²) in [5.41, 5.74) is 15.6. The fourth-order valence-electron chi connectivity index (χ4n) is 1.37. The molecular formula is C10H20N4O3. The zero-order valence-corrected chi connectivity index (χ0v) is 10.0. The number of nitrogens with two attached hydrogens (primary N) is 3. The predicted octanol–water partition coefficient (Wildman–Crippen LogP) is -1.70. The zero-order chi connectivity index (χ0) is 13.4. The van der Waals surface area contributed by atoms with Gasteiger partial charge in [0.2, 0.25) is 17.7 Å². The highest BCUT2D eigenvalue weighted by atomic mass is 16.2. The van der Waals surface area contributed by atoms with Crippen molar-refractivity contribution >= 4 is 17.7 Å². The van der Waals surface area contributed by atoms with E-state index in [-0.39, 0.29) is 13.1 Å². The summed E-state index contributed by atoms with van der Waals surface area (Å²) in [6.45, 7) is 1.28. The van der Waals surface area contributed by atoms with Crippen LogP contribution in [0.3, 0.4) is 0 Å². The van der Waals surface area contributed by atoms with Crippen molar-refractivity contribution in [3.8, 4) is 0 Å². The second-order valence-electron chi connectivity index (χ2n) is 3.88. The van der Waals surface area contributed by atoms with Crippen LogP contribution in [0, 0.1) is 0 Å². The molecule has 1 atom stereocenters. The molecule has 0 aromatic heterocycles. The third kappa shape index (κ3) is 6.52. The van der Waals surface area contributed by atoms with E-state index in [0.29, 0.717) is 6.42 Å². The number of hydrogen-bond acceptors (Lipinski definition) is 4. The molecule has 0 radical (unpaired) electrons. The lowest BCUT2D eigenvalue weighted by atomic mass is 10.1. The van der Waals surface area contributed by atoms with Crippen LogP contribution in [-0.2, 0) is 14.4 Å². The Morgan fingerprint density at radius 3 is 1.94 bits per heavy atom. The van der Waals surface area contributed by atoms with Crippen LogP contribution in [0.25, 0.3) is 0 Å². The van der Waals surface area contributed by atoms with E-state index < -0.39 is 23.8 Å². The fraction of sp³-hybridized carbons (Fsp3) is 0.700. The van der Waals surface area contributed by atoms with E-state index >= 15 is 0 Å². The molecular weight excluding hydrogens is 224 g/mol. The molecule has 7 nitrogen and oxygen atoms in total. The molecule has 0 rings (SSSR count). The first kappa shape index (κ1) is 15.4. The van der Waals surface area contributed by atoms with E-state index in [1.54, 1.807) is 0 Å². The number of rotatable bonds is 8. The van der Waals surface area contributed by atoms with Gasteiger partial charge in [0.1, 0.15) is 0 Å². The van der Waals surface area contributed by atoms with Crippen LogP contribution in [0.15, 0.2) is 0 Å². The van der Waals surface area contributed by atoms with E-state index in [4.69, 9.17) is 17.2 Å². The molecule has 0 aliphatic rings.